The maximum Gasteiger partial charge on any atom is 0.335 e. The number of hydrogen-bond acceptors (Lipinski definition) is 7. The number of piperazine rings is 1. The number of aromatic carboxylic acids is 1. The smallest absolute Gasteiger partial charge is 0.335 e. The van der Waals surface area contributed by atoms with Gasteiger partial charge in [-0.3, -0.25) is 14.5 Å². The molecule has 4 aromatic rings. The number of benzene rings is 3. The van der Waals surface area contributed by atoms with Gasteiger partial charge in [0.2, 0.25) is 0 Å². The summed E-state index contributed by atoms with van der Waals surface area (Å²) in [6, 6.07) is 15.4. The number of carbonyl (C=O) groups is 3. The Morgan fingerprint density at radius 2 is 1.57 bits per heavy atom. The minimum atomic E-state index is -3.56. The van der Waals surface area contributed by atoms with Gasteiger partial charge in [-0.1, -0.05) is 24.3 Å². The summed E-state index contributed by atoms with van der Waals surface area (Å²) < 4.78 is 59.1. The van der Waals surface area contributed by atoms with E-state index >= 15 is 8.78 Å². The number of carboxylic acid groups (broad SMARTS) is 1. The summed E-state index contributed by atoms with van der Waals surface area (Å²) >= 11 is 1.34. The molecule has 1 saturated heterocycles. The van der Waals surface area contributed by atoms with Crippen LogP contribution in [0.25, 0.3) is 0 Å². The molecule has 2 aliphatic rings. The van der Waals surface area contributed by atoms with Crippen molar-refractivity contribution in [2.24, 2.45) is 0 Å². The Kier molecular flexibility index (Phi) is 11.6. The SMILES string of the molecule is CNS(=O)(=O)N1CCN(Cc2cccc(C(=O)Nc3sc4c(c3C(=O)Nc3cc(F)c(CCc5ccc(C(=O)O)cc5)c(F)c3)CCCC4)c2)C(C)(C)C1. The van der Waals surface area contributed by atoms with E-state index in [1.807, 2.05) is 19.9 Å². The molecule has 3 aromatic carbocycles. The van der Waals surface area contributed by atoms with Crippen LogP contribution in [-0.2, 0) is 42.4 Å². The number of hydrogen-bond donors (Lipinski definition) is 4. The van der Waals surface area contributed by atoms with E-state index in [1.54, 1.807) is 30.3 Å². The molecule has 0 bridgehead atoms. The number of rotatable bonds is 12. The molecule has 1 aliphatic heterocycles. The molecule has 54 heavy (non-hydrogen) atoms. The topological polar surface area (TPSA) is 148 Å². The first-order chi connectivity index (χ1) is 25.6. The Morgan fingerprint density at radius 1 is 0.870 bits per heavy atom. The fourth-order valence-electron chi connectivity index (χ4n) is 7.06. The summed E-state index contributed by atoms with van der Waals surface area (Å²) in [6.07, 6.45) is 3.50. The monoisotopic (exact) mass is 779 g/mol. The average Bonchev–Trinajstić information content (AvgIpc) is 3.50. The minimum Gasteiger partial charge on any atom is -0.478 e. The first-order valence-corrected chi connectivity index (χ1v) is 20.0. The van der Waals surface area contributed by atoms with Crippen molar-refractivity contribution in [2.75, 3.05) is 37.3 Å². The number of amides is 2. The molecular formula is C39H43F2N5O6S2. The van der Waals surface area contributed by atoms with E-state index in [0.717, 1.165) is 53.0 Å². The highest BCUT2D eigenvalue weighted by Gasteiger charge is 2.38. The van der Waals surface area contributed by atoms with Crippen LogP contribution in [-0.4, -0.2) is 72.7 Å². The Labute approximate surface area is 317 Å². The van der Waals surface area contributed by atoms with E-state index in [1.165, 1.54) is 34.8 Å². The third-order valence-electron chi connectivity index (χ3n) is 10.1. The number of aryl methyl sites for hydroxylation is 2. The lowest BCUT2D eigenvalue weighted by molar-refractivity contribution is 0.0469. The molecule has 2 amide bonds. The van der Waals surface area contributed by atoms with Crippen LogP contribution in [0, 0.1) is 11.6 Å². The van der Waals surface area contributed by atoms with E-state index in [-0.39, 0.29) is 35.2 Å². The van der Waals surface area contributed by atoms with Crippen LogP contribution in [0.15, 0.2) is 60.7 Å². The summed E-state index contributed by atoms with van der Waals surface area (Å²) in [5, 5.41) is 15.1. The summed E-state index contributed by atoms with van der Waals surface area (Å²) in [4.78, 5) is 41.8. The molecule has 0 atom stereocenters. The molecule has 0 saturated carbocycles. The molecule has 1 aliphatic carbocycles. The number of carbonyl (C=O) groups excluding carboxylic acids is 2. The van der Waals surface area contributed by atoms with Gasteiger partial charge in [-0.2, -0.15) is 12.7 Å². The number of thiophene rings is 1. The molecule has 4 N–H and O–H groups in total. The van der Waals surface area contributed by atoms with Crippen LogP contribution in [0.5, 0.6) is 0 Å². The molecule has 2 heterocycles. The molecule has 6 rings (SSSR count). The lowest BCUT2D eigenvalue weighted by atomic mass is 9.95. The maximum atomic E-state index is 15.2. The molecule has 11 nitrogen and oxygen atoms in total. The van der Waals surface area contributed by atoms with Gasteiger partial charge in [-0.25, -0.2) is 18.3 Å². The number of nitrogens with one attached hydrogen (secondary N) is 3. The molecular weight excluding hydrogens is 737 g/mol. The largest absolute Gasteiger partial charge is 0.478 e. The predicted molar refractivity (Wildman–Crippen MR) is 205 cm³/mol. The van der Waals surface area contributed by atoms with Crippen molar-refractivity contribution >= 4 is 50.0 Å². The Balaban J connectivity index is 1.16. The molecule has 1 fully saturated rings. The summed E-state index contributed by atoms with van der Waals surface area (Å²) in [5.74, 6) is -3.69. The highest BCUT2D eigenvalue weighted by atomic mass is 32.2. The third-order valence-corrected chi connectivity index (χ3v) is 12.8. The molecule has 0 unspecified atom stereocenters. The van der Waals surface area contributed by atoms with Crippen LogP contribution in [0.1, 0.15) is 84.9 Å². The lowest BCUT2D eigenvalue weighted by Crippen LogP contribution is -2.61. The highest BCUT2D eigenvalue weighted by Crippen LogP contribution is 2.39. The van der Waals surface area contributed by atoms with Gasteiger partial charge in [0.25, 0.3) is 22.0 Å². The first kappa shape index (κ1) is 39.2. The van der Waals surface area contributed by atoms with E-state index in [2.05, 4.69) is 20.3 Å². The Hall–Kier alpha value is -4.54. The first-order valence-electron chi connectivity index (χ1n) is 17.7. The van der Waals surface area contributed by atoms with E-state index in [0.29, 0.717) is 43.2 Å². The van der Waals surface area contributed by atoms with Crippen LogP contribution in [0.4, 0.5) is 19.5 Å². The number of halogens is 2. The fourth-order valence-corrected chi connectivity index (χ4v) is 9.41. The standard InChI is InChI=1S/C39H43F2N5O6S2/c1-39(2)23-46(54(51,52)42-3)18-17-45(39)22-25-7-6-8-27(19-25)35(47)44-37-34(30-9-4-5-10-33(30)53-37)36(48)43-28-20-31(40)29(32(41)21-28)16-13-24-11-14-26(15-12-24)38(49)50/h6-8,11-12,14-15,19-21,42H,4-5,9-10,13,16-18,22-23H2,1-3H3,(H,43,48)(H,44,47)(H,49,50). The average molecular weight is 780 g/mol. The van der Waals surface area contributed by atoms with Gasteiger partial charge in [0.1, 0.15) is 16.6 Å². The third kappa shape index (κ3) is 8.71. The second kappa shape index (κ2) is 16.1. The van der Waals surface area contributed by atoms with Crippen molar-refractivity contribution in [1.82, 2.24) is 13.9 Å². The maximum absolute atomic E-state index is 15.2. The van der Waals surface area contributed by atoms with Crippen LogP contribution < -0.4 is 15.4 Å². The lowest BCUT2D eigenvalue weighted by Gasteiger charge is -2.46. The molecule has 15 heteroatoms. The van der Waals surface area contributed by atoms with E-state index in [4.69, 9.17) is 5.11 Å². The number of carboxylic acids is 1. The van der Waals surface area contributed by atoms with Gasteiger partial charge in [0.05, 0.1) is 11.1 Å². The summed E-state index contributed by atoms with van der Waals surface area (Å²) in [7, 11) is -2.16. The summed E-state index contributed by atoms with van der Waals surface area (Å²) in [6.45, 7) is 5.60. The van der Waals surface area contributed by atoms with Crippen molar-refractivity contribution in [3.8, 4) is 0 Å². The molecule has 286 valence electrons. The zero-order valence-electron chi connectivity index (χ0n) is 30.3. The van der Waals surface area contributed by atoms with Gasteiger partial charge in [0, 0.05) is 60.5 Å². The zero-order valence-corrected chi connectivity index (χ0v) is 31.9. The van der Waals surface area contributed by atoms with Crippen LogP contribution in [0.3, 0.4) is 0 Å². The van der Waals surface area contributed by atoms with Gasteiger partial charge in [-0.05, 0) is 105 Å². The van der Waals surface area contributed by atoms with Crippen molar-refractivity contribution in [2.45, 2.75) is 64.5 Å². The number of nitrogens with zero attached hydrogens (tertiary/aromatic N) is 2. The van der Waals surface area contributed by atoms with Gasteiger partial charge in [-0.15, -0.1) is 11.3 Å². The number of anilines is 2. The molecule has 0 radical (unpaired) electrons. The molecule has 0 spiro atoms. The fraction of sp³-hybridized carbons (Fsp3) is 0.359. The van der Waals surface area contributed by atoms with Crippen LogP contribution >= 0.6 is 11.3 Å². The normalized spacial score (nSPS) is 16.1. The highest BCUT2D eigenvalue weighted by molar-refractivity contribution is 7.87. The summed E-state index contributed by atoms with van der Waals surface area (Å²) in [5.41, 5.74) is 2.53. The minimum absolute atomic E-state index is 0.0309. The van der Waals surface area contributed by atoms with Crippen LogP contribution in [0.2, 0.25) is 0 Å². The van der Waals surface area contributed by atoms with Crippen molar-refractivity contribution in [1.29, 1.82) is 0 Å². The quantitative estimate of drug-likeness (QED) is 0.133. The Bertz CT molecular complexity index is 2170. The van der Waals surface area contributed by atoms with Crippen molar-refractivity contribution < 1.29 is 36.7 Å². The predicted octanol–water partition coefficient (Wildman–Crippen LogP) is 6.25. The van der Waals surface area contributed by atoms with E-state index in [9.17, 15) is 22.8 Å². The van der Waals surface area contributed by atoms with Gasteiger partial charge >= 0.3 is 5.97 Å². The van der Waals surface area contributed by atoms with Gasteiger partial charge < -0.3 is 15.7 Å². The van der Waals surface area contributed by atoms with Crippen molar-refractivity contribution in [3.63, 3.8) is 0 Å². The number of fused-ring (bicyclic) bond motifs is 1. The van der Waals surface area contributed by atoms with E-state index < -0.39 is 45.2 Å². The zero-order chi connectivity index (χ0) is 38.8. The van der Waals surface area contributed by atoms with Gasteiger partial charge in [0.15, 0.2) is 0 Å². The molecule has 1 aromatic heterocycles. The second-order valence-corrected chi connectivity index (χ2v) is 17.2. The van der Waals surface area contributed by atoms with Crippen molar-refractivity contribution in [3.05, 3.63) is 116 Å². The second-order valence-electron chi connectivity index (χ2n) is 14.2. The Morgan fingerprint density at radius 3 is 2.24 bits per heavy atom.